The molecule has 0 saturated carbocycles. The summed E-state index contributed by atoms with van der Waals surface area (Å²) in [5.74, 6) is 10.0. The molecule has 0 bridgehead atoms. The molecule has 0 heterocycles. The predicted molar refractivity (Wildman–Crippen MR) is 272 cm³/mol. The summed E-state index contributed by atoms with van der Waals surface area (Å²) in [6.45, 7) is 0. The van der Waals surface area contributed by atoms with Crippen LogP contribution in [0.3, 0.4) is 0 Å². The standard InChI is InChI=1S/2C26H22P2.2ClH.Fe/c2*1-5-13-23(14-6-1)27(24-15-7-2-8-16-24)21-22-28(25-17-9-3-10-18-25)26-19-11-4-12-20-26;;;/h2*1-22H;2*1H;/q;;;;+2/p+2. The van der Waals surface area contributed by atoms with E-state index < -0.39 is 31.7 Å². The Morgan fingerprint density at radius 1 is 0.220 bits per heavy atom. The molecule has 0 saturated heterocycles. The first-order chi connectivity index (χ1) is 29.2. The van der Waals surface area contributed by atoms with Gasteiger partial charge < -0.3 is 0 Å². The van der Waals surface area contributed by atoms with Crippen LogP contribution < -0.4 is 42.4 Å². The number of hydrogen-bond acceptors (Lipinski definition) is 0. The van der Waals surface area contributed by atoms with Crippen molar-refractivity contribution >= 4 is 94.3 Å². The van der Waals surface area contributed by atoms with Gasteiger partial charge in [-0.25, -0.2) is 0 Å². The third-order valence-corrected chi connectivity index (χ3v) is 19.8. The molecule has 0 nitrogen and oxygen atoms in total. The molecule has 0 N–H and O–H groups in total. The molecule has 0 amide bonds. The third-order valence-electron chi connectivity index (χ3n) is 9.51. The molecule has 0 aliphatic heterocycles. The molecule has 7 heteroatoms. The Bertz CT molecular complexity index is 1880. The van der Waals surface area contributed by atoms with Crippen LogP contribution in [0.15, 0.2) is 266 Å². The fourth-order valence-corrected chi connectivity index (χ4v) is 16.7. The van der Waals surface area contributed by atoms with Crippen LogP contribution in [0.2, 0.25) is 0 Å². The van der Waals surface area contributed by atoms with Gasteiger partial charge in [-0.2, -0.15) is 0 Å². The summed E-state index contributed by atoms with van der Waals surface area (Å²) in [5, 5.41) is 11.4. The quantitative estimate of drug-likeness (QED) is 0.0846. The molecule has 0 unspecified atom stereocenters. The van der Waals surface area contributed by atoms with Crippen LogP contribution in [0.5, 0.6) is 0 Å². The minimum atomic E-state index is -0.964. The summed E-state index contributed by atoms with van der Waals surface area (Å²) >= 11 is 0.194. The Morgan fingerprint density at radius 3 is 0.424 bits per heavy atom. The molecule has 8 aromatic carbocycles. The molecule has 59 heavy (non-hydrogen) atoms. The zero-order chi connectivity index (χ0) is 40.7. The van der Waals surface area contributed by atoms with Crippen molar-refractivity contribution in [1.29, 1.82) is 0 Å². The molecule has 0 fully saturated rings. The van der Waals surface area contributed by atoms with E-state index in [0.29, 0.717) is 0 Å². The topological polar surface area (TPSA) is 0 Å². The molecule has 0 aromatic heterocycles. The molecular weight excluding hydrogens is 875 g/mol. The SMILES string of the molecule is C(=C[PH+](c1ccccc1)c1ccccc1)[PH+](c1ccccc1)c1ccccc1.C(=C[PH+](c1ccccc1)c1ccccc1)[PH+](c1ccccc1)c1ccccc1.[Cl][Fe][Cl]. The van der Waals surface area contributed by atoms with Gasteiger partial charge >= 0.3 is 33.3 Å². The van der Waals surface area contributed by atoms with E-state index in [1.165, 1.54) is 42.4 Å². The second-order valence-electron chi connectivity index (χ2n) is 13.3. The van der Waals surface area contributed by atoms with Crippen molar-refractivity contribution < 1.29 is 13.1 Å². The predicted octanol–water partition coefficient (Wildman–Crippen LogP) is 11.8. The molecule has 294 valence electrons. The van der Waals surface area contributed by atoms with Gasteiger partial charge in [-0.15, -0.1) is 0 Å². The summed E-state index contributed by atoms with van der Waals surface area (Å²) in [5.41, 5.74) is 0. The van der Waals surface area contributed by atoms with Gasteiger partial charge in [0.1, 0.15) is 65.7 Å². The van der Waals surface area contributed by atoms with Crippen molar-refractivity contribution in [2.24, 2.45) is 0 Å². The molecule has 0 spiro atoms. The maximum absolute atomic E-state index is 4.76. The van der Waals surface area contributed by atoms with Crippen LogP contribution >= 0.6 is 51.9 Å². The van der Waals surface area contributed by atoms with Gasteiger partial charge in [0.15, 0.2) is 0 Å². The van der Waals surface area contributed by atoms with E-state index in [4.69, 9.17) is 20.2 Å². The van der Waals surface area contributed by atoms with E-state index in [1.807, 2.05) is 0 Å². The van der Waals surface area contributed by atoms with Crippen LogP contribution in [0.4, 0.5) is 0 Å². The summed E-state index contributed by atoms with van der Waals surface area (Å²) in [6.07, 6.45) is 0. The van der Waals surface area contributed by atoms with E-state index in [1.54, 1.807) is 0 Å². The second-order valence-corrected chi connectivity index (χ2v) is 24.4. The first-order valence-electron chi connectivity index (χ1n) is 19.4. The average molecular weight is 924 g/mol. The zero-order valence-electron chi connectivity index (χ0n) is 32.5. The second kappa shape index (κ2) is 25.6. The molecule has 0 aliphatic carbocycles. The van der Waals surface area contributed by atoms with E-state index in [9.17, 15) is 0 Å². The van der Waals surface area contributed by atoms with Crippen LogP contribution in [0.25, 0.3) is 0 Å². The number of benzene rings is 8. The van der Waals surface area contributed by atoms with Gasteiger partial charge in [-0.3, -0.25) is 0 Å². The van der Waals surface area contributed by atoms with Crippen molar-refractivity contribution in [2.45, 2.75) is 0 Å². The van der Waals surface area contributed by atoms with Crippen molar-refractivity contribution in [3.63, 3.8) is 0 Å². The summed E-state index contributed by atoms with van der Waals surface area (Å²) in [6, 6.07) is 87.5. The summed E-state index contributed by atoms with van der Waals surface area (Å²) < 4.78 is 0. The van der Waals surface area contributed by atoms with Gasteiger partial charge in [-0.05, 0) is 97.1 Å². The minimum absolute atomic E-state index is 0.194. The Balaban J connectivity index is 0.000000186. The normalized spacial score (nSPS) is 11.2. The van der Waals surface area contributed by atoms with Gasteiger partial charge in [0.2, 0.25) is 0 Å². The Labute approximate surface area is 370 Å². The third kappa shape index (κ3) is 14.1. The van der Waals surface area contributed by atoms with Crippen molar-refractivity contribution in [1.82, 2.24) is 0 Å². The zero-order valence-corrected chi connectivity index (χ0v) is 39.1. The first kappa shape index (κ1) is 44.6. The molecule has 8 aromatic rings. The monoisotopic (exact) mass is 922 g/mol. The Morgan fingerprint density at radius 2 is 0.322 bits per heavy atom. The summed E-state index contributed by atoms with van der Waals surface area (Å²) in [7, 11) is 5.67. The molecule has 0 atom stereocenters. The fourth-order valence-electron chi connectivity index (χ4n) is 6.71. The molecule has 0 aliphatic rings. The van der Waals surface area contributed by atoms with E-state index in [0.717, 1.165) is 0 Å². The number of hydrogen-bond donors (Lipinski definition) is 0. The fraction of sp³-hybridized carbons (Fsp3) is 0. The molecular formula is C52H48Cl2FeP4+4. The summed E-state index contributed by atoms with van der Waals surface area (Å²) in [4.78, 5) is 0. The maximum atomic E-state index is 4.76. The van der Waals surface area contributed by atoms with Crippen molar-refractivity contribution in [3.05, 3.63) is 266 Å². The van der Waals surface area contributed by atoms with Crippen molar-refractivity contribution in [2.75, 3.05) is 0 Å². The van der Waals surface area contributed by atoms with Crippen LogP contribution in [-0.4, -0.2) is 0 Å². The number of rotatable bonds is 12. The van der Waals surface area contributed by atoms with Crippen LogP contribution in [0, 0.1) is 0 Å². The Hall–Kier alpha value is -3.94. The van der Waals surface area contributed by atoms with Gasteiger partial charge in [-0.1, -0.05) is 146 Å². The number of halogens is 2. The molecule has 8 rings (SSSR count). The first-order valence-corrected chi connectivity index (χ1v) is 28.7. The van der Waals surface area contributed by atoms with Crippen molar-refractivity contribution in [3.8, 4) is 0 Å². The van der Waals surface area contributed by atoms with Gasteiger partial charge in [0, 0.05) is 0 Å². The van der Waals surface area contributed by atoms with E-state index in [-0.39, 0.29) is 13.1 Å². The average Bonchev–Trinajstić information content (AvgIpc) is 3.32. The van der Waals surface area contributed by atoms with Gasteiger partial charge in [0.05, 0.1) is 31.7 Å². The molecule has 0 radical (unpaired) electrons. The van der Waals surface area contributed by atoms with E-state index >= 15 is 0 Å². The van der Waals surface area contributed by atoms with Crippen LogP contribution in [-0.2, 0) is 13.1 Å². The van der Waals surface area contributed by atoms with Gasteiger partial charge in [0.25, 0.3) is 0 Å². The Kier molecular flexibility index (Phi) is 19.4. The van der Waals surface area contributed by atoms with E-state index in [2.05, 4.69) is 266 Å². The van der Waals surface area contributed by atoms with Crippen LogP contribution in [0.1, 0.15) is 0 Å².